The summed E-state index contributed by atoms with van der Waals surface area (Å²) in [4.78, 5) is 41.6. The van der Waals surface area contributed by atoms with Crippen molar-refractivity contribution in [3.8, 4) is 0 Å². The van der Waals surface area contributed by atoms with Gasteiger partial charge < -0.3 is 23.8 Å². The molecule has 162 valence electrons. The van der Waals surface area contributed by atoms with Crippen molar-refractivity contribution in [3.63, 3.8) is 0 Å². The number of likely N-dealkylation sites (N-methyl/N-ethyl adjacent to an activating group) is 1. The van der Waals surface area contributed by atoms with Crippen molar-refractivity contribution in [2.75, 3.05) is 25.7 Å². The van der Waals surface area contributed by atoms with Crippen LogP contribution in [0.25, 0.3) is 0 Å². The van der Waals surface area contributed by atoms with Crippen molar-refractivity contribution >= 4 is 23.5 Å². The standard InChI is InChI=1S/C23H23NO7/c1-5-24-17-9-7-6-8-16(17)22(19(24)25)23(20(26)28-3,21(27)29-4)31-18(30-22)15-12-10-14(2)11-13-15/h6-13,18H,5H2,1-4H3. The molecule has 0 saturated carbocycles. The molecule has 1 spiro atoms. The highest BCUT2D eigenvalue weighted by molar-refractivity contribution is 6.18. The Hall–Kier alpha value is -3.23. The first-order chi connectivity index (χ1) is 14.9. The monoisotopic (exact) mass is 425 g/mol. The maximum Gasteiger partial charge on any atom is 0.354 e. The topological polar surface area (TPSA) is 91.4 Å². The molecule has 8 nitrogen and oxygen atoms in total. The van der Waals surface area contributed by atoms with Crippen LogP contribution >= 0.6 is 0 Å². The summed E-state index contributed by atoms with van der Waals surface area (Å²) in [6.07, 6.45) is -1.19. The van der Waals surface area contributed by atoms with E-state index in [1.165, 1.54) is 4.90 Å². The zero-order chi connectivity index (χ0) is 22.4. The Morgan fingerprint density at radius 3 is 2.19 bits per heavy atom. The van der Waals surface area contributed by atoms with Crippen molar-refractivity contribution in [1.82, 2.24) is 0 Å². The number of benzene rings is 2. The third-order valence-corrected chi connectivity index (χ3v) is 5.80. The number of nitrogens with zero attached hydrogens (tertiary/aromatic N) is 1. The van der Waals surface area contributed by atoms with Crippen LogP contribution in [0.4, 0.5) is 5.69 Å². The van der Waals surface area contributed by atoms with E-state index in [0.29, 0.717) is 23.4 Å². The maximum absolute atomic E-state index is 13.8. The number of fused-ring (bicyclic) bond motifs is 2. The van der Waals surface area contributed by atoms with Crippen LogP contribution in [-0.4, -0.2) is 44.2 Å². The summed E-state index contributed by atoms with van der Waals surface area (Å²) in [5, 5.41) is 0. The Morgan fingerprint density at radius 2 is 1.61 bits per heavy atom. The van der Waals surface area contributed by atoms with E-state index in [-0.39, 0.29) is 0 Å². The van der Waals surface area contributed by atoms with Gasteiger partial charge in [0.05, 0.1) is 19.9 Å². The normalized spacial score (nSPS) is 23.7. The lowest BCUT2D eigenvalue weighted by Gasteiger charge is -2.34. The fourth-order valence-corrected chi connectivity index (χ4v) is 4.31. The molecule has 2 aliphatic heterocycles. The third-order valence-electron chi connectivity index (χ3n) is 5.80. The highest BCUT2D eigenvalue weighted by Gasteiger charge is 2.79. The lowest BCUT2D eigenvalue weighted by Crippen LogP contribution is -2.65. The second-order valence-corrected chi connectivity index (χ2v) is 7.39. The van der Waals surface area contributed by atoms with E-state index in [1.54, 1.807) is 43.3 Å². The molecule has 2 heterocycles. The number of ether oxygens (including phenoxy) is 4. The number of amides is 1. The summed E-state index contributed by atoms with van der Waals surface area (Å²) >= 11 is 0. The predicted molar refractivity (Wildman–Crippen MR) is 109 cm³/mol. The second-order valence-electron chi connectivity index (χ2n) is 7.39. The van der Waals surface area contributed by atoms with Crippen LogP contribution in [-0.2, 0) is 38.9 Å². The molecule has 8 heteroatoms. The van der Waals surface area contributed by atoms with Gasteiger partial charge in [0.25, 0.3) is 5.91 Å². The van der Waals surface area contributed by atoms with Gasteiger partial charge in [-0.3, -0.25) is 4.79 Å². The minimum atomic E-state index is -2.48. The average molecular weight is 425 g/mol. The zero-order valence-electron chi connectivity index (χ0n) is 17.7. The van der Waals surface area contributed by atoms with E-state index < -0.39 is 35.3 Å². The van der Waals surface area contributed by atoms with Crippen LogP contribution in [0.1, 0.15) is 29.9 Å². The van der Waals surface area contributed by atoms with Gasteiger partial charge in [0.15, 0.2) is 6.29 Å². The fourth-order valence-electron chi connectivity index (χ4n) is 4.31. The van der Waals surface area contributed by atoms with Crippen LogP contribution in [0, 0.1) is 6.92 Å². The molecular formula is C23H23NO7. The molecule has 1 saturated heterocycles. The molecule has 0 radical (unpaired) electrons. The van der Waals surface area contributed by atoms with Crippen molar-refractivity contribution in [2.24, 2.45) is 0 Å². The molecule has 0 aromatic heterocycles. The third kappa shape index (κ3) is 2.65. The van der Waals surface area contributed by atoms with Gasteiger partial charge >= 0.3 is 17.5 Å². The number of hydrogen-bond donors (Lipinski definition) is 0. The number of carbonyl (C=O) groups excluding carboxylic acids is 3. The summed E-state index contributed by atoms with van der Waals surface area (Å²) in [6.45, 7) is 4.01. The van der Waals surface area contributed by atoms with Crippen LogP contribution < -0.4 is 4.90 Å². The number of aryl methyl sites for hydroxylation is 1. The molecule has 1 amide bonds. The number of esters is 2. The smallest absolute Gasteiger partial charge is 0.354 e. The number of methoxy groups -OCH3 is 2. The molecule has 0 bridgehead atoms. The lowest BCUT2D eigenvalue weighted by atomic mass is 9.78. The Labute approximate surface area is 179 Å². The van der Waals surface area contributed by atoms with Crippen molar-refractivity contribution in [3.05, 3.63) is 65.2 Å². The van der Waals surface area contributed by atoms with Crippen molar-refractivity contribution in [2.45, 2.75) is 31.3 Å². The molecule has 0 N–H and O–H groups in total. The summed E-state index contributed by atoms with van der Waals surface area (Å²) in [7, 11) is 2.23. The first-order valence-electron chi connectivity index (χ1n) is 9.87. The van der Waals surface area contributed by atoms with E-state index in [2.05, 4.69) is 0 Å². The van der Waals surface area contributed by atoms with E-state index in [9.17, 15) is 14.4 Å². The fraction of sp³-hybridized carbons (Fsp3) is 0.348. The summed E-state index contributed by atoms with van der Waals surface area (Å²) in [5.41, 5.74) is -2.17. The van der Waals surface area contributed by atoms with Crippen LogP contribution in [0.5, 0.6) is 0 Å². The van der Waals surface area contributed by atoms with Gasteiger partial charge in [0.2, 0.25) is 5.60 Å². The molecule has 0 aliphatic carbocycles. The lowest BCUT2D eigenvalue weighted by molar-refractivity contribution is -0.193. The summed E-state index contributed by atoms with van der Waals surface area (Å²) < 4.78 is 22.2. The van der Waals surface area contributed by atoms with Crippen LogP contribution in [0.3, 0.4) is 0 Å². The first kappa shape index (κ1) is 21.0. The zero-order valence-corrected chi connectivity index (χ0v) is 17.7. The van der Waals surface area contributed by atoms with Gasteiger partial charge in [-0.05, 0) is 19.9 Å². The average Bonchev–Trinajstić information content (AvgIpc) is 3.28. The van der Waals surface area contributed by atoms with Gasteiger partial charge in [-0.1, -0.05) is 48.0 Å². The highest BCUT2D eigenvalue weighted by atomic mass is 16.8. The number of para-hydroxylation sites is 1. The van der Waals surface area contributed by atoms with Gasteiger partial charge in [-0.15, -0.1) is 0 Å². The Bertz CT molecular complexity index is 1030. The predicted octanol–water partition coefficient (Wildman–Crippen LogP) is 2.39. The number of hydrogen-bond acceptors (Lipinski definition) is 7. The van der Waals surface area contributed by atoms with E-state index >= 15 is 0 Å². The molecule has 2 unspecified atom stereocenters. The van der Waals surface area contributed by atoms with Gasteiger partial charge in [-0.2, -0.15) is 0 Å². The molecule has 2 atom stereocenters. The van der Waals surface area contributed by atoms with Gasteiger partial charge in [-0.25, -0.2) is 9.59 Å². The Morgan fingerprint density at radius 1 is 1.00 bits per heavy atom. The largest absolute Gasteiger partial charge is 0.466 e. The maximum atomic E-state index is 13.8. The van der Waals surface area contributed by atoms with E-state index in [4.69, 9.17) is 18.9 Å². The summed E-state index contributed by atoms with van der Waals surface area (Å²) in [5.74, 6) is -2.74. The van der Waals surface area contributed by atoms with E-state index in [1.807, 2.05) is 19.1 Å². The van der Waals surface area contributed by atoms with Crippen molar-refractivity contribution in [1.29, 1.82) is 0 Å². The minimum absolute atomic E-state index is 0.300. The molecule has 2 aromatic carbocycles. The number of rotatable bonds is 4. The van der Waals surface area contributed by atoms with Crippen LogP contribution in [0.15, 0.2) is 48.5 Å². The SMILES string of the molecule is CCN1C(=O)C2(OC(c3ccc(C)cc3)OC2(C(=O)OC)C(=O)OC)c2ccccc21. The first-order valence-corrected chi connectivity index (χ1v) is 9.87. The van der Waals surface area contributed by atoms with Gasteiger partial charge in [0, 0.05) is 17.7 Å². The molecular weight excluding hydrogens is 402 g/mol. The van der Waals surface area contributed by atoms with Gasteiger partial charge in [0.1, 0.15) is 0 Å². The minimum Gasteiger partial charge on any atom is -0.466 e. The summed E-state index contributed by atoms with van der Waals surface area (Å²) in [6, 6.07) is 14.0. The highest BCUT2D eigenvalue weighted by Crippen LogP contribution is 2.58. The van der Waals surface area contributed by atoms with Crippen molar-refractivity contribution < 1.29 is 33.3 Å². The number of anilines is 1. The van der Waals surface area contributed by atoms with Crippen LogP contribution in [0.2, 0.25) is 0 Å². The molecule has 4 rings (SSSR count). The second kappa shape index (κ2) is 7.47. The molecule has 1 fully saturated rings. The molecule has 2 aliphatic rings. The number of carbonyl (C=O) groups is 3. The molecule has 31 heavy (non-hydrogen) atoms. The molecule has 2 aromatic rings. The quantitative estimate of drug-likeness (QED) is 0.549. The Balaban J connectivity index is 2.01. The van der Waals surface area contributed by atoms with E-state index in [0.717, 1.165) is 19.8 Å². The Kier molecular flexibility index (Phi) is 5.07.